The van der Waals surface area contributed by atoms with Crippen molar-refractivity contribution in [2.75, 3.05) is 6.61 Å². The predicted molar refractivity (Wildman–Crippen MR) is 88.0 cm³/mol. The Balaban J connectivity index is 1.68. The van der Waals surface area contributed by atoms with Crippen molar-refractivity contribution in [3.8, 4) is 0 Å². The molecule has 1 nitrogen and oxygen atoms in total. The van der Waals surface area contributed by atoms with E-state index in [1.54, 1.807) is 0 Å². The summed E-state index contributed by atoms with van der Waals surface area (Å²) in [5.41, 5.74) is 2.51. The van der Waals surface area contributed by atoms with Crippen LogP contribution in [-0.2, 0) is 4.74 Å². The monoisotopic (exact) mass is 279 g/mol. The van der Waals surface area contributed by atoms with Gasteiger partial charge >= 0.3 is 0 Å². The van der Waals surface area contributed by atoms with E-state index in [0.29, 0.717) is 12.7 Å². The van der Waals surface area contributed by atoms with E-state index in [-0.39, 0.29) is 0 Å². The highest BCUT2D eigenvalue weighted by atomic mass is 16.5. The molecular weight excluding hydrogens is 256 g/mol. The number of benzene rings is 1. The summed E-state index contributed by atoms with van der Waals surface area (Å²) in [6.45, 7) is 0.708. The SMILES string of the molecule is C1=CC(=C[C-](COC2CCCCC2)c2ccccc2)C=C1. The summed E-state index contributed by atoms with van der Waals surface area (Å²) >= 11 is 0. The van der Waals surface area contributed by atoms with Crippen LogP contribution in [0.4, 0.5) is 0 Å². The van der Waals surface area contributed by atoms with E-state index in [0.717, 1.165) is 0 Å². The maximum atomic E-state index is 6.18. The molecule has 3 rings (SSSR count). The lowest BCUT2D eigenvalue weighted by Crippen LogP contribution is -2.20. The molecule has 21 heavy (non-hydrogen) atoms. The molecular formula is C20H23O-. The third-order valence-electron chi connectivity index (χ3n) is 4.20. The molecule has 0 amide bonds. The normalized spacial score (nSPS) is 18.2. The van der Waals surface area contributed by atoms with Gasteiger partial charge in [0.25, 0.3) is 0 Å². The summed E-state index contributed by atoms with van der Waals surface area (Å²) in [4.78, 5) is 0. The van der Waals surface area contributed by atoms with Crippen LogP contribution < -0.4 is 0 Å². The van der Waals surface area contributed by atoms with Gasteiger partial charge in [-0.15, -0.1) is 41.8 Å². The van der Waals surface area contributed by atoms with Crippen LogP contribution in [0, 0.1) is 5.92 Å². The van der Waals surface area contributed by atoms with Crippen molar-refractivity contribution in [1.29, 1.82) is 0 Å². The number of allylic oxidation sites excluding steroid dienone is 5. The first-order valence-corrected chi connectivity index (χ1v) is 8.01. The van der Waals surface area contributed by atoms with Crippen molar-refractivity contribution >= 4 is 0 Å². The summed E-state index contributed by atoms with van der Waals surface area (Å²) < 4.78 is 6.18. The second-order valence-electron chi connectivity index (χ2n) is 5.82. The molecule has 0 heterocycles. The van der Waals surface area contributed by atoms with E-state index in [9.17, 15) is 0 Å². The van der Waals surface area contributed by atoms with Crippen LogP contribution in [0.5, 0.6) is 0 Å². The number of rotatable bonds is 5. The molecule has 1 fully saturated rings. The standard InChI is InChI=1S/C20H23O/c1-3-11-18(12-4-1)19(15-17-9-7-8-10-17)16-21-20-13-5-2-6-14-20/h1,3-4,7-12,15,20H,2,5-6,13-14,16H2/q-1. The van der Waals surface area contributed by atoms with E-state index in [1.165, 1.54) is 49.2 Å². The second kappa shape index (κ2) is 7.33. The van der Waals surface area contributed by atoms with Crippen molar-refractivity contribution in [2.24, 2.45) is 0 Å². The van der Waals surface area contributed by atoms with Gasteiger partial charge in [-0.25, -0.2) is 0 Å². The first kappa shape index (κ1) is 14.2. The third kappa shape index (κ3) is 4.12. The zero-order valence-corrected chi connectivity index (χ0v) is 12.5. The fourth-order valence-corrected chi connectivity index (χ4v) is 2.99. The van der Waals surface area contributed by atoms with Gasteiger partial charge in [0.2, 0.25) is 0 Å². The van der Waals surface area contributed by atoms with E-state index in [2.05, 4.69) is 60.7 Å². The molecule has 1 saturated carbocycles. The van der Waals surface area contributed by atoms with Crippen molar-refractivity contribution in [2.45, 2.75) is 38.2 Å². The van der Waals surface area contributed by atoms with Crippen LogP contribution in [0.25, 0.3) is 0 Å². The maximum Gasteiger partial charge on any atom is 0.0569 e. The lowest BCUT2D eigenvalue weighted by atomic mass is 9.95. The lowest BCUT2D eigenvalue weighted by molar-refractivity contribution is 0.0384. The second-order valence-corrected chi connectivity index (χ2v) is 5.82. The topological polar surface area (TPSA) is 9.23 Å². The molecule has 0 atom stereocenters. The molecule has 0 unspecified atom stereocenters. The Hall–Kier alpha value is -1.73. The van der Waals surface area contributed by atoms with Crippen molar-refractivity contribution < 1.29 is 4.74 Å². The van der Waals surface area contributed by atoms with Gasteiger partial charge in [-0.3, -0.25) is 0 Å². The Kier molecular flexibility index (Phi) is 4.96. The van der Waals surface area contributed by atoms with Gasteiger partial charge < -0.3 is 4.74 Å². The van der Waals surface area contributed by atoms with Gasteiger partial charge in [0, 0.05) is 6.61 Å². The molecule has 0 spiro atoms. The average molecular weight is 279 g/mol. The highest BCUT2D eigenvalue weighted by molar-refractivity contribution is 5.47. The Morgan fingerprint density at radius 1 is 1.00 bits per heavy atom. The molecule has 1 heteroatoms. The fourth-order valence-electron chi connectivity index (χ4n) is 2.99. The highest BCUT2D eigenvalue weighted by Crippen LogP contribution is 2.25. The molecule has 0 aliphatic heterocycles. The minimum absolute atomic E-state index is 0.450. The van der Waals surface area contributed by atoms with E-state index < -0.39 is 0 Å². The fraction of sp³-hybridized carbons (Fsp3) is 0.350. The van der Waals surface area contributed by atoms with E-state index in [4.69, 9.17) is 4.74 Å². The maximum absolute atomic E-state index is 6.18. The summed E-state index contributed by atoms with van der Waals surface area (Å²) in [5, 5.41) is 0. The first-order chi connectivity index (χ1) is 10.4. The van der Waals surface area contributed by atoms with Gasteiger partial charge in [-0.05, 0) is 12.8 Å². The van der Waals surface area contributed by atoms with Gasteiger partial charge in [-0.1, -0.05) is 55.2 Å². The molecule has 0 N–H and O–H groups in total. The Bertz CT molecular complexity index is 504. The number of hydrogen-bond donors (Lipinski definition) is 0. The average Bonchev–Trinajstić information content (AvgIpc) is 3.06. The van der Waals surface area contributed by atoms with Gasteiger partial charge in [0.05, 0.1) is 6.10 Å². The predicted octanol–water partition coefficient (Wildman–Crippen LogP) is 5.01. The summed E-state index contributed by atoms with van der Waals surface area (Å²) in [7, 11) is 0. The molecule has 0 radical (unpaired) electrons. The quantitative estimate of drug-likeness (QED) is 0.688. The Labute approximate surface area is 128 Å². The largest absolute Gasteiger partial charge is 0.383 e. The van der Waals surface area contributed by atoms with Crippen molar-refractivity contribution in [3.63, 3.8) is 0 Å². The lowest BCUT2D eigenvalue weighted by Gasteiger charge is -2.27. The molecule has 1 aromatic carbocycles. The van der Waals surface area contributed by atoms with E-state index in [1.807, 2.05) is 0 Å². The summed E-state index contributed by atoms with van der Waals surface area (Å²) in [5.74, 6) is 1.27. The summed E-state index contributed by atoms with van der Waals surface area (Å²) in [6, 6.07) is 10.6. The Morgan fingerprint density at radius 3 is 2.43 bits per heavy atom. The zero-order valence-electron chi connectivity index (χ0n) is 12.5. The number of hydrogen-bond acceptors (Lipinski definition) is 1. The minimum Gasteiger partial charge on any atom is -0.383 e. The van der Waals surface area contributed by atoms with Crippen molar-refractivity contribution in [3.05, 3.63) is 77.8 Å². The van der Waals surface area contributed by atoms with Gasteiger partial charge in [-0.2, -0.15) is 0 Å². The summed E-state index contributed by atoms with van der Waals surface area (Å²) in [6.07, 6.45) is 17.6. The van der Waals surface area contributed by atoms with Gasteiger partial charge in [0.15, 0.2) is 0 Å². The van der Waals surface area contributed by atoms with Crippen LogP contribution in [0.3, 0.4) is 0 Å². The van der Waals surface area contributed by atoms with Crippen LogP contribution >= 0.6 is 0 Å². The molecule has 0 bridgehead atoms. The van der Waals surface area contributed by atoms with Crippen LogP contribution in [0.1, 0.15) is 37.7 Å². The smallest absolute Gasteiger partial charge is 0.0569 e. The molecule has 1 aromatic rings. The molecule has 0 saturated heterocycles. The minimum atomic E-state index is 0.450. The van der Waals surface area contributed by atoms with E-state index >= 15 is 0 Å². The molecule has 2 aliphatic carbocycles. The zero-order chi connectivity index (χ0) is 14.3. The molecule has 0 aromatic heterocycles. The van der Waals surface area contributed by atoms with Crippen molar-refractivity contribution in [1.82, 2.24) is 0 Å². The first-order valence-electron chi connectivity index (χ1n) is 8.01. The van der Waals surface area contributed by atoms with Crippen LogP contribution in [0.2, 0.25) is 0 Å². The third-order valence-corrected chi connectivity index (χ3v) is 4.20. The Morgan fingerprint density at radius 2 is 1.71 bits per heavy atom. The van der Waals surface area contributed by atoms with Crippen LogP contribution in [0.15, 0.2) is 66.3 Å². The molecule has 2 aliphatic rings. The van der Waals surface area contributed by atoms with Crippen LogP contribution in [-0.4, -0.2) is 12.7 Å². The number of ether oxygens (including phenoxy) is 1. The highest BCUT2D eigenvalue weighted by Gasteiger charge is 2.14. The molecule has 110 valence electrons. The van der Waals surface area contributed by atoms with Gasteiger partial charge in [0.1, 0.15) is 0 Å².